The summed E-state index contributed by atoms with van der Waals surface area (Å²) < 4.78 is 11.2. The third-order valence-corrected chi connectivity index (χ3v) is 3.56. The summed E-state index contributed by atoms with van der Waals surface area (Å²) >= 11 is 0. The van der Waals surface area contributed by atoms with Crippen LogP contribution in [0.3, 0.4) is 0 Å². The average Bonchev–Trinajstić information content (AvgIpc) is 2.42. The Labute approximate surface area is 134 Å². The van der Waals surface area contributed by atoms with Crippen LogP contribution in [0.4, 0.5) is 0 Å². The fraction of sp³-hybridized carbons (Fsp3) is 0.529. The zero-order valence-electron chi connectivity index (χ0n) is 13.2. The van der Waals surface area contributed by atoms with Gasteiger partial charge in [-0.2, -0.15) is 0 Å². The molecule has 1 fully saturated rings. The van der Waals surface area contributed by atoms with E-state index in [1.807, 2.05) is 0 Å². The molecule has 0 atom stereocenters. The molecule has 2 rings (SSSR count). The first kappa shape index (κ1) is 18.0. The summed E-state index contributed by atoms with van der Waals surface area (Å²) in [6.45, 7) is 11.7. The highest BCUT2D eigenvalue weighted by Crippen LogP contribution is 2.24. The summed E-state index contributed by atoms with van der Waals surface area (Å²) in [5, 5.41) is 0. The second kappa shape index (κ2) is 9.08. The standard InChI is InChI=1S/C17H25NO2.ClH/c1-14-12-15(2)17(16(3)13-14)20-9-5-4-6-18-7-10-19-11-8-18;/h4-5,12-13H,6-11H2,1-3H3;1H/b5-4+;. The van der Waals surface area contributed by atoms with E-state index in [4.69, 9.17) is 9.47 Å². The minimum absolute atomic E-state index is 0. The van der Waals surface area contributed by atoms with Crippen molar-refractivity contribution in [1.82, 2.24) is 4.90 Å². The summed E-state index contributed by atoms with van der Waals surface area (Å²) in [4.78, 5) is 2.39. The Balaban J connectivity index is 0.00000220. The SMILES string of the molecule is Cc1cc(C)c(OC/C=C/CN2CCOCC2)c(C)c1.Cl. The van der Waals surface area contributed by atoms with Crippen LogP contribution < -0.4 is 4.74 Å². The lowest BCUT2D eigenvalue weighted by Crippen LogP contribution is -2.36. The molecule has 0 unspecified atom stereocenters. The Hall–Kier alpha value is -1.03. The molecular formula is C17H26ClNO2. The molecule has 1 aliphatic rings. The number of hydrogen-bond donors (Lipinski definition) is 0. The maximum atomic E-state index is 5.88. The Morgan fingerprint density at radius 1 is 1.10 bits per heavy atom. The number of hydrogen-bond acceptors (Lipinski definition) is 3. The van der Waals surface area contributed by atoms with Gasteiger partial charge in [0.2, 0.25) is 0 Å². The van der Waals surface area contributed by atoms with Gasteiger partial charge < -0.3 is 9.47 Å². The molecule has 1 saturated heterocycles. The predicted octanol–water partition coefficient (Wildman–Crippen LogP) is 3.30. The lowest BCUT2D eigenvalue weighted by Gasteiger charge is -2.25. The fourth-order valence-electron chi connectivity index (χ4n) is 2.60. The van der Waals surface area contributed by atoms with Crippen LogP contribution in [0.5, 0.6) is 5.75 Å². The number of morpholine rings is 1. The number of halogens is 1. The van der Waals surface area contributed by atoms with Crippen LogP contribution in [0.15, 0.2) is 24.3 Å². The minimum Gasteiger partial charge on any atom is -0.489 e. The van der Waals surface area contributed by atoms with Gasteiger partial charge in [-0.05, 0) is 31.9 Å². The molecule has 0 radical (unpaired) electrons. The van der Waals surface area contributed by atoms with Crippen LogP contribution in [0.2, 0.25) is 0 Å². The second-order valence-electron chi connectivity index (χ2n) is 5.42. The normalized spacial score (nSPS) is 16.0. The molecule has 0 saturated carbocycles. The van der Waals surface area contributed by atoms with Gasteiger partial charge in [0, 0.05) is 19.6 Å². The molecule has 1 aromatic rings. The topological polar surface area (TPSA) is 21.7 Å². The first-order chi connectivity index (χ1) is 9.66. The van der Waals surface area contributed by atoms with Crippen molar-refractivity contribution in [2.45, 2.75) is 20.8 Å². The quantitative estimate of drug-likeness (QED) is 0.779. The van der Waals surface area contributed by atoms with Gasteiger partial charge in [0.25, 0.3) is 0 Å². The van der Waals surface area contributed by atoms with Crippen LogP contribution >= 0.6 is 12.4 Å². The molecule has 4 heteroatoms. The van der Waals surface area contributed by atoms with Crippen molar-refractivity contribution in [3.63, 3.8) is 0 Å². The zero-order valence-corrected chi connectivity index (χ0v) is 14.0. The second-order valence-corrected chi connectivity index (χ2v) is 5.42. The summed E-state index contributed by atoms with van der Waals surface area (Å²) in [7, 11) is 0. The maximum Gasteiger partial charge on any atom is 0.125 e. The predicted molar refractivity (Wildman–Crippen MR) is 89.8 cm³/mol. The number of ether oxygens (including phenoxy) is 2. The van der Waals surface area contributed by atoms with Crippen molar-refractivity contribution in [2.75, 3.05) is 39.5 Å². The molecule has 0 aliphatic carbocycles. The van der Waals surface area contributed by atoms with Gasteiger partial charge in [0.05, 0.1) is 13.2 Å². The van der Waals surface area contributed by atoms with Crippen molar-refractivity contribution in [3.05, 3.63) is 41.0 Å². The third-order valence-electron chi connectivity index (χ3n) is 3.56. The van der Waals surface area contributed by atoms with E-state index in [1.54, 1.807) is 0 Å². The van der Waals surface area contributed by atoms with E-state index >= 15 is 0 Å². The lowest BCUT2D eigenvalue weighted by molar-refractivity contribution is 0.0434. The molecular weight excluding hydrogens is 286 g/mol. The van der Waals surface area contributed by atoms with E-state index in [2.05, 4.69) is 50.0 Å². The van der Waals surface area contributed by atoms with Gasteiger partial charge in [0.15, 0.2) is 0 Å². The Morgan fingerprint density at radius 2 is 1.71 bits per heavy atom. The highest BCUT2D eigenvalue weighted by atomic mass is 35.5. The molecule has 0 bridgehead atoms. The van der Waals surface area contributed by atoms with Crippen LogP contribution in [-0.2, 0) is 4.74 Å². The number of nitrogens with zero attached hydrogens (tertiary/aromatic N) is 1. The zero-order chi connectivity index (χ0) is 14.4. The molecule has 1 aromatic carbocycles. The maximum absolute atomic E-state index is 5.88. The van der Waals surface area contributed by atoms with Gasteiger partial charge in [-0.1, -0.05) is 29.8 Å². The van der Waals surface area contributed by atoms with Crippen molar-refractivity contribution in [2.24, 2.45) is 0 Å². The fourth-order valence-corrected chi connectivity index (χ4v) is 2.60. The van der Waals surface area contributed by atoms with E-state index in [1.165, 1.54) is 16.7 Å². The first-order valence-electron chi connectivity index (χ1n) is 7.32. The number of rotatable bonds is 5. The van der Waals surface area contributed by atoms with Gasteiger partial charge in [0.1, 0.15) is 12.4 Å². The van der Waals surface area contributed by atoms with E-state index in [0.717, 1.165) is 38.6 Å². The molecule has 21 heavy (non-hydrogen) atoms. The van der Waals surface area contributed by atoms with E-state index in [0.29, 0.717) is 6.61 Å². The summed E-state index contributed by atoms with van der Waals surface area (Å²) in [5.41, 5.74) is 3.71. The van der Waals surface area contributed by atoms with E-state index in [9.17, 15) is 0 Å². The number of benzene rings is 1. The molecule has 0 spiro atoms. The largest absolute Gasteiger partial charge is 0.489 e. The average molecular weight is 312 g/mol. The third kappa shape index (κ3) is 5.70. The molecule has 1 aliphatic heterocycles. The molecule has 3 nitrogen and oxygen atoms in total. The highest BCUT2D eigenvalue weighted by molar-refractivity contribution is 5.85. The van der Waals surface area contributed by atoms with Gasteiger partial charge in [-0.25, -0.2) is 0 Å². The molecule has 0 aromatic heterocycles. The molecule has 1 heterocycles. The summed E-state index contributed by atoms with van der Waals surface area (Å²) in [6, 6.07) is 4.33. The molecule has 118 valence electrons. The monoisotopic (exact) mass is 311 g/mol. The highest BCUT2D eigenvalue weighted by Gasteiger charge is 2.07. The Kier molecular flexibility index (Phi) is 7.79. The molecule has 0 amide bonds. The Morgan fingerprint density at radius 3 is 2.33 bits per heavy atom. The summed E-state index contributed by atoms with van der Waals surface area (Å²) in [6.07, 6.45) is 4.29. The van der Waals surface area contributed by atoms with Crippen molar-refractivity contribution in [3.8, 4) is 5.75 Å². The van der Waals surface area contributed by atoms with Crippen molar-refractivity contribution in [1.29, 1.82) is 0 Å². The smallest absolute Gasteiger partial charge is 0.125 e. The lowest BCUT2D eigenvalue weighted by atomic mass is 10.1. The summed E-state index contributed by atoms with van der Waals surface area (Å²) in [5.74, 6) is 1.02. The van der Waals surface area contributed by atoms with Crippen LogP contribution in [0, 0.1) is 20.8 Å². The first-order valence-corrected chi connectivity index (χ1v) is 7.32. The van der Waals surface area contributed by atoms with Crippen LogP contribution in [-0.4, -0.2) is 44.4 Å². The van der Waals surface area contributed by atoms with Crippen LogP contribution in [0.1, 0.15) is 16.7 Å². The van der Waals surface area contributed by atoms with Crippen molar-refractivity contribution < 1.29 is 9.47 Å². The number of aryl methyl sites for hydroxylation is 3. The Bertz CT molecular complexity index is 445. The van der Waals surface area contributed by atoms with Gasteiger partial charge >= 0.3 is 0 Å². The minimum atomic E-state index is 0. The van der Waals surface area contributed by atoms with Crippen LogP contribution in [0.25, 0.3) is 0 Å². The molecule has 0 N–H and O–H groups in total. The van der Waals surface area contributed by atoms with E-state index in [-0.39, 0.29) is 12.4 Å². The van der Waals surface area contributed by atoms with Gasteiger partial charge in [-0.3, -0.25) is 4.90 Å². The van der Waals surface area contributed by atoms with E-state index < -0.39 is 0 Å². The van der Waals surface area contributed by atoms with Crippen molar-refractivity contribution >= 4 is 12.4 Å². The van der Waals surface area contributed by atoms with Gasteiger partial charge in [-0.15, -0.1) is 12.4 Å².